The summed E-state index contributed by atoms with van der Waals surface area (Å²) in [5.41, 5.74) is 1.76. The quantitative estimate of drug-likeness (QED) is 0.610. The van der Waals surface area contributed by atoms with Crippen LogP contribution in [0.1, 0.15) is 31.7 Å². The van der Waals surface area contributed by atoms with Crippen molar-refractivity contribution in [2.75, 3.05) is 7.05 Å². The van der Waals surface area contributed by atoms with Gasteiger partial charge in [-0.25, -0.2) is 4.79 Å². The van der Waals surface area contributed by atoms with Crippen LogP contribution in [0.4, 0.5) is 0 Å². The SMILES string of the molecule is C=C(C)C(=O)C1CC2CC(OC(=O)C(=C)c3ccccc3)CC1N2C. The van der Waals surface area contributed by atoms with Gasteiger partial charge in [0.15, 0.2) is 5.78 Å². The van der Waals surface area contributed by atoms with E-state index in [4.69, 9.17) is 4.74 Å². The van der Waals surface area contributed by atoms with Crippen molar-refractivity contribution in [1.29, 1.82) is 0 Å². The molecule has 2 bridgehead atoms. The van der Waals surface area contributed by atoms with E-state index in [9.17, 15) is 9.59 Å². The number of nitrogens with zero attached hydrogens (tertiary/aromatic N) is 1. The number of esters is 1. The van der Waals surface area contributed by atoms with E-state index in [1.165, 1.54) is 0 Å². The molecule has 4 heteroatoms. The van der Waals surface area contributed by atoms with Gasteiger partial charge < -0.3 is 4.74 Å². The van der Waals surface area contributed by atoms with Crippen LogP contribution in [0, 0.1) is 5.92 Å². The number of ketones is 1. The highest BCUT2D eigenvalue weighted by Gasteiger charge is 2.48. The fourth-order valence-corrected chi connectivity index (χ4v) is 4.11. The Morgan fingerprint density at radius 3 is 2.44 bits per heavy atom. The molecule has 0 radical (unpaired) electrons. The molecular weight excluding hydrogens is 314 g/mol. The van der Waals surface area contributed by atoms with E-state index in [2.05, 4.69) is 25.1 Å². The predicted octanol–water partition coefficient (Wildman–Crippen LogP) is 3.24. The standard InChI is InChI=1S/C21H25NO3/c1-13(2)20(23)18-11-16-10-17(12-19(18)22(16)4)25-21(24)14(3)15-8-6-5-7-9-15/h5-9,16-19H,1,3,10-12H2,2,4H3. The molecule has 1 aromatic rings. The fourth-order valence-electron chi connectivity index (χ4n) is 4.11. The molecule has 0 aromatic heterocycles. The third-order valence-electron chi connectivity index (χ3n) is 5.53. The lowest BCUT2D eigenvalue weighted by molar-refractivity contribution is -0.145. The van der Waals surface area contributed by atoms with Crippen molar-refractivity contribution in [1.82, 2.24) is 4.90 Å². The van der Waals surface area contributed by atoms with Gasteiger partial charge in [0, 0.05) is 30.8 Å². The Morgan fingerprint density at radius 1 is 1.12 bits per heavy atom. The summed E-state index contributed by atoms with van der Waals surface area (Å²) in [6.45, 7) is 9.44. The Kier molecular flexibility index (Phi) is 4.91. The highest BCUT2D eigenvalue weighted by atomic mass is 16.5. The van der Waals surface area contributed by atoms with Crippen molar-refractivity contribution in [3.05, 3.63) is 54.6 Å². The van der Waals surface area contributed by atoms with Crippen molar-refractivity contribution in [3.8, 4) is 0 Å². The number of hydrogen-bond donors (Lipinski definition) is 0. The number of Topliss-reactive ketones (excluding diaryl/α,β-unsaturated/α-hetero) is 1. The molecule has 4 nitrogen and oxygen atoms in total. The molecule has 2 fully saturated rings. The maximum atomic E-state index is 12.4. The summed E-state index contributed by atoms with van der Waals surface area (Å²) in [5, 5.41) is 0. The van der Waals surface area contributed by atoms with Crippen LogP contribution in [0.5, 0.6) is 0 Å². The topological polar surface area (TPSA) is 46.6 Å². The molecule has 0 spiro atoms. The van der Waals surface area contributed by atoms with Gasteiger partial charge in [-0.15, -0.1) is 0 Å². The van der Waals surface area contributed by atoms with Crippen LogP contribution in [0.15, 0.2) is 49.1 Å². The largest absolute Gasteiger partial charge is 0.459 e. The van der Waals surface area contributed by atoms with E-state index in [-0.39, 0.29) is 35.9 Å². The van der Waals surface area contributed by atoms with E-state index in [0.29, 0.717) is 17.6 Å². The number of ether oxygens (including phenoxy) is 1. The summed E-state index contributed by atoms with van der Waals surface area (Å²) in [5.74, 6) is -0.267. The first-order chi connectivity index (χ1) is 11.9. The van der Waals surface area contributed by atoms with Gasteiger partial charge in [-0.2, -0.15) is 0 Å². The first kappa shape index (κ1) is 17.6. The molecule has 25 heavy (non-hydrogen) atoms. The summed E-state index contributed by atoms with van der Waals surface area (Å²) in [7, 11) is 2.06. The minimum absolute atomic E-state index is 0.0338. The minimum Gasteiger partial charge on any atom is -0.459 e. The zero-order valence-corrected chi connectivity index (χ0v) is 14.9. The lowest BCUT2D eigenvalue weighted by atomic mass is 9.90. The fraction of sp³-hybridized carbons (Fsp3) is 0.429. The molecule has 0 aliphatic carbocycles. The smallest absolute Gasteiger partial charge is 0.338 e. The summed E-state index contributed by atoms with van der Waals surface area (Å²) in [6, 6.07) is 9.73. The molecule has 132 valence electrons. The molecule has 4 atom stereocenters. The van der Waals surface area contributed by atoms with Crippen LogP contribution < -0.4 is 0 Å². The van der Waals surface area contributed by atoms with Gasteiger partial charge in [0.25, 0.3) is 0 Å². The zero-order valence-electron chi connectivity index (χ0n) is 14.9. The Morgan fingerprint density at radius 2 is 1.80 bits per heavy atom. The number of rotatable bonds is 5. The van der Waals surface area contributed by atoms with E-state index in [1.54, 1.807) is 6.92 Å². The first-order valence-electron chi connectivity index (χ1n) is 8.75. The number of fused-ring (bicyclic) bond motifs is 2. The third kappa shape index (κ3) is 3.45. The Hall–Kier alpha value is -2.20. The van der Waals surface area contributed by atoms with Crippen molar-refractivity contribution < 1.29 is 14.3 Å². The van der Waals surface area contributed by atoms with Crippen LogP contribution in [0.2, 0.25) is 0 Å². The van der Waals surface area contributed by atoms with E-state index in [1.807, 2.05) is 30.3 Å². The van der Waals surface area contributed by atoms with E-state index >= 15 is 0 Å². The summed E-state index contributed by atoms with van der Waals surface area (Å²) < 4.78 is 5.73. The van der Waals surface area contributed by atoms with Gasteiger partial charge in [0.1, 0.15) is 6.10 Å². The average molecular weight is 339 g/mol. The number of hydrogen-bond acceptors (Lipinski definition) is 4. The van der Waals surface area contributed by atoms with Gasteiger partial charge in [0.05, 0.1) is 5.57 Å². The highest BCUT2D eigenvalue weighted by Crippen LogP contribution is 2.41. The molecular formula is C21H25NO3. The lowest BCUT2D eigenvalue weighted by Crippen LogP contribution is -2.45. The first-order valence-corrected chi connectivity index (χ1v) is 8.75. The van der Waals surface area contributed by atoms with E-state index in [0.717, 1.165) is 18.4 Å². The van der Waals surface area contributed by atoms with E-state index < -0.39 is 0 Å². The molecule has 0 amide bonds. The summed E-state index contributed by atoms with van der Waals surface area (Å²) in [6.07, 6.45) is 2.10. The van der Waals surface area contributed by atoms with Crippen LogP contribution in [-0.2, 0) is 14.3 Å². The van der Waals surface area contributed by atoms with Gasteiger partial charge in [-0.1, -0.05) is 43.5 Å². The monoisotopic (exact) mass is 339 g/mol. The van der Waals surface area contributed by atoms with Crippen molar-refractivity contribution in [2.45, 2.75) is 44.4 Å². The van der Waals surface area contributed by atoms with Crippen molar-refractivity contribution in [3.63, 3.8) is 0 Å². The van der Waals surface area contributed by atoms with Crippen LogP contribution >= 0.6 is 0 Å². The van der Waals surface area contributed by atoms with Gasteiger partial charge in [-0.05, 0) is 31.5 Å². The molecule has 2 saturated heterocycles. The highest BCUT2D eigenvalue weighted by molar-refractivity contribution is 6.15. The maximum Gasteiger partial charge on any atom is 0.338 e. The molecule has 4 unspecified atom stereocenters. The number of carbonyl (C=O) groups is 2. The normalized spacial score (nSPS) is 28.4. The Balaban J connectivity index is 1.66. The number of carbonyl (C=O) groups excluding carboxylic acids is 2. The molecule has 2 aliphatic heterocycles. The zero-order chi connectivity index (χ0) is 18.1. The summed E-state index contributed by atoms with van der Waals surface area (Å²) in [4.78, 5) is 27.1. The maximum absolute atomic E-state index is 12.4. The molecule has 1 aromatic carbocycles. The second kappa shape index (κ2) is 6.96. The minimum atomic E-state index is -0.372. The molecule has 3 rings (SSSR count). The predicted molar refractivity (Wildman–Crippen MR) is 97.9 cm³/mol. The van der Waals surface area contributed by atoms with Crippen molar-refractivity contribution >= 4 is 17.3 Å². The van der Waals surface area contributed by atoms with Crippen LogP contribution in [-0.4, -0.2) is 41.9 Å². The van der Waals surface area contributed by atoms with Gasteiger partial charge in [-0.3, -0.25) is 9.69 Å². The lowest BCUT2D eigenvalue weighted by Gasteiger charge is -2.36. The second-order valence-corrected chi connectivity index (χ2v) is 7.22. The Labute approximate surface area is 149 Å². The third-order valence-corrected chi connectivity index (χ3v) is 5.53. The Bertz CT molecular complexity index is 709. The van der Waals surface area contributed by atoms with Gasteiger partial charge in [0.2, 0.25) is 0 Å². The summed E-state index contributed by atoms with van der Waals surface area (Å²) >= 11 is 0. The number of piperidine rings is 1. The van der Waals surface area contributed by atoms with Crippen LogP contribution in [0.3, 0.4) is 0 Å². The molecule has 0 saturated carbocycles. The number of allylic oxidation sites excluding steroid dienone is 1. The average Bonchev–Trinajstić information content (AvgIpc) is 2.79. The second-order valence-electron chi connectivity index (χ2n) is 7.22. The van der Waals surface area contributed by atoms with Gasteiger partial charge >= 0.3 is 5.97 Å². The van der Waals surface area contributed by atoms with Crippen LogP contribution in [0.25, 0.3) is 5.57 Å². The number of benzene rings is 1. The molecule has 2 heterocycles. The molecule has 0 N–H and O–H groups in total. The van der Waals surface area contributed by atoms with Crippen molar-refractivity contribution in [2.24, 2.45) is 5.92 Å². The molecule has 2 aliphatic rings.